The third-order valence-corrected chi connectivity index (χ3v) is 3.66. The van der Waals surface area contributed by atoms with Gasteiger partial charge in [-0.1, -0.05) is 6.07 Å². The van der Waals surface area contributed by atoms with Crippen molar-refractivity contribution in [1.29, 1.82) is 0 Å². The molecule has 0 spiro atoms. The molecule has 0 bridgehead atoms. The van der Waals surface area contributed by atoms with Crippen molar-refractivity contribution in [2.24, 2.45) is 0 Å². The molecule has 1 heterocycles. The van der Waals surface area contributed by atoms with Gasteiger partial charge in [-0.3, -0.25) is 9.59 Å². The Morgan fingerprint density at radius 3 is 2.95 bits per heavy atom. The zero-order chi connectivity index (χ0) is 15.4. The smallest absolute Gasteiger partial charge is 0.307 e. The van der Waals surface area contributed by atoms with Crippen LogP contribution in [0, 0.1) is 0 Å². The Kier molecular flexibility index (Phi) is 5.07. The molecule has 0 saturated carbocycles. The number of amides is 1. The van der Waals surface area contributed by atoms with Crippen LogP contribution in [-0.2, 0) is 20.7 Å². The highest BCUT2D eigenvalue weighted by molar-refractivity contribution is 6.21. The zero-order valence-electron chi connectivity index (χ0n) is 12.1. The molecular formula is C15H18ClNO4. The Balaban J connectivity index is 2.14. The number of carbonyl (C=O) groups is 2. The van der Waals surface area contributed by atoms with Crippen molar-refractivity contribution in [3.8, 4) is 5.75 Å². The molecule has 1 aliphatic rings. The number of fused-ring (bicyclic) bond motifs is 1. The summed E-state index contributed by atoms with van der Waals surface area (Å²) in [6.45, 7) is 2.58. The summed E-state index contributed by atoms with van der Waals surface area (Å²) in [4.78, 5) is 24.7. The number of alkyl halides is 1. The fourth-order valence-electron chi connectivity index (χ4n) is 2.31. The first-order valence-corrected chi connectivity index (χ1v) is 7.25. The van der Waals surface area contributed by atoms with Crippen molar-refractivity contribution in [3.05, 3.63) is 23.8 Å². The minimum Gasteiger partial charge on any atom is -0.482 e. The Hall–Kier alpha value is -1.75. The third kappa shape index (κ3) is 3.67. The van der Waals surface area contributed by atoms with Gasteiger partial charge in [0.15, 0.2) is 6.61 Å². The summed E-state index contributed by atoms with van der Waals surface area (Å²) in [6.07, 6.45) is 0.678. The number of rotatable bonds is 5. The maximum Gasteiger partial charge on any atom is 0.307 e. The van der Waals surface area contributed by atoms with Crippen LogP contribution in [0.25, 0.3) is 0 Å². The molecule has 6 heteroatoms. The Labute approximate surface area is 128 Å². The highest BCUT2D eigenvalue weighted by Crippen LogP contribution is 2.33. The average Bonchev–Trinajstić information content (AvgIpc) is 2.46. The van der Waals surface area contributed by atoms with Crippen LogP contribution in [-0.4, -0.2) is 37.5 Å². The second kappa shape index (κ2) is 6.80. The number of anilines is 1. The summed E-state index contributed by atoms with van der Waals surface area (Å²) < 4.78 is 10.0. The van der Waals surface area contributed by atoms with Crippen LogP contribution < -0.4 is 9.64 Å². The summed E-state index contributed by atoms with van der Waals surface area (Å²) in [5, 5.41) is -0.342. The van der Waals surface area contributed by atoms with Crippen molar-refractivity contribution < 1.29 is 19.1 Å². The SMILES string of the molecule is CCN1C(=O)COc2ccc(CC(Cl)CC(=O)OC)cc21. The van der Waals surface area contributed by atoms with E-state index in [4.69, 9.17) is 16.3 Å². The maximum atomic E-state index is 11.8. The summed E-state index contributed by atoms with van der Waals surface area (Å²) in [5.74, 6) is 0.306. The van der Waals surface area contributed by atoms with Crippen LogP contribution in [0.4, 0.5) is 5.69 Å². The molecule has 0 aliphatic carbocycles. The largest absolute Gasteiger partial charge is 0.482 e. The van der Waals surface area contributed by atoms with E-state index in [1.54, 1.807) is 4.90 Å². The van der Waals surface area contributed by atoms with Gasteiger partial charge in [0.25, 0.3) is 5.91 Å². The van der Waals surface area contributed by atoms with Crippen LogP contribution in [0.3, 0.4) is 0 Å². The number of methoxy groups -OCH3 is 1. The minimum absolute atomic E-state index is 0.0564. The number of benzene rings is 1. The molecule has 2 rings (SSSR count). The standard InChI is InChI=1S/C15H18ClNO4/c1-3-17-12-7-10(6-11(16)8-15(19)20-2)4-5-13(12)21-9-14(17)18/h4-5,7,11H,3,6,8-9H2,1-2H3. The van der Waals surface area contributed by atoms with Gasteiger partial charge in [0.05, 0.1) is 19.2 Å². The molecule has 0 radical (unpaired) electrons. The first-order valence-electron chi connectivity index (χ1n) is 6.82. The minimum atomic E-state index is -0.342. The van der Waals surface area contributed by atoms with E-state index in [0.29, 0.717) is 18.7 Å². The van der Waals surface area contributed by atoms with Crippen molar-refractivity contribution in [2.45, 2.75) is 25.1 Å². The zero-order valence-corrected chi connectivity index (χ0v) is 12.9. The number of hydrogen-bond acceptors (Lipinski definition) is 4. The lowest BCUT2D eigenvalue weighted by Crippen LogP contribution is -2.38. The van der Waals surface area contributed by atoms with Gasteiger partial charge in [-0.2, -0.15) is 0 Å². The van der Waals surface area contributed by atoms with E-state index in [2.05, 4.69) is 4.74 Å². The molecule has 1 unspecified atom stereocenters. The van der Waals surface area contributed by atoms with Crippen LogP contribution in [0.1, 0.15) is 18.9 Å². The van der Waals surface area contributed by atoms with Gasteiger partial charge in [0, 0.05) is 11.9 Å². The fraction of sp³-hybridized carbons (Fsp3) is 0.467. The predicted molar refractivity (Wildman–Crippen MR) is 79.9 cm³/mol. The lowest BCUT2D eigenvalue weighted by molar-refractivity contribution is -0.140. The first kappa shape index (κ1) is 15.6. The lowest BCUT2D eigenvalue weighted by atomic mass is 10.1. The molecule has 1 atom stereocenters. The number of halogens is 1. The predicted octanol–water partition coefficient (Wildman–Crippen LogP) is 2.14. The van der Waals surface area contributed by atoms with Crippen LogP contribution in [0.5, 0.6) is 5.75 Å². The molecular weight excluding hydrogens is 294 g/mol. The molecule has 1 aromatic rings. The Morgan fingerprint density at radius 2 is 2.29 bits per heavy atom. The van der Waals surface area contributed by atoms with Gasteiger partial charge in [0.1, 0.15) is 5.75 Å². The molecule has 0 aromatic heterocycles. The normalized spacial score (nSPS) is 15.2. The molecule has 21 heavy (non-hydrogen) atoms. The molecule has 1 aliphatic heterocycles. The van der Waals surface area contributed by atoms with Crippen LogP contribution >= 0.6 is 11.6 Å². The summed E-state index contributed by atoms with van der Waals surface area (Å²) in [7, 11) is 1.34. The van der Waals surface area contributed by atoms with E-state index < -0.39 is 0 Å². The third-order valence-electron chi connectivity index (χ3n) is 3.36. The van der Waals surface area contributed by atoms with E-state index in [1.165, 1.54) is 7.11 Å². The fourth-order valence-corrected chi connectivity index (χ4v) is 2.62. The highest BCUT2D eigenvalue weighted by Gasteiger charge is 2.24. The second-order valence-corrected chi connectivity index (χ2v) is 5.43. The number of nitrogens with zero attached hydrogens (tertiary/aromatic N) is 1. The first-order chi connectivity index (χ1) is 10.0. The topological polar surface area (TPSA) is 55.8 Å². The lowest BCUT2D eigenvalue weighted by Gasteiger charge is -2.28. The molecule has 0 saturated heterocycles. The molecule has 114 valence electrons. The van der Waals surface area contributed by atoms with E-state index >= 15 is 0 Å². The van der Waals surface area contributed by atoms with Crippen LogP contribution in [0.15, 0.2) is 18.2 Å². The quantitative estimate of drug-likeness (QED) is 0.617. The van der Waals surface area contributed by atoms with Gasteiger partial charge < -0.3 is 14.4 Å². The van der Waals surface area contributed by atoms with Crippen LogP contribution in [0.2, 0.25) is 0 Å². The number of carbonyl (C=O) groups excluding carboxylic acids is 2. The number of hydrogen-bond donors (Lipinski definition) is 0. The number of likely N-dealkylation sites (N-methyl/N-ethyl adjacent to an activating group) is 1. The van der Waals surface area contributed by atoms with E-state index in [0.717, 1.165) is 11.3 Å². The average molecular weight is 312 g/mol. The Morgan fingerprint density at radius 1 is 1.52 bits per heavy atom. The second-order valence-electron chi connectivity index (χ2n) is 4.81. The molecule has 1 amide bonds. The monoisotopic (exact) mass is 311 g/mol. The van der Waals surface area contributed by atoms with Gasteiger partial charge in [-0.05, 0) is 31.0 Å². The van der Waals surface area contributed by atoms with E-state index in [9.17, 15) is 9.59 Å². The summed E-state index contributed by atoms with van der Waals surface area (Å²) in [6, 6.07) is 5.62. The molecule has 0 fully saturated rings. The molecule has 5 nitrogen and oxygen atoms in total. The Bertz CT molecular complexity index is 546. The summed E-state index contributed by atoms with van der Waals surface area (Å²) in [5.41, 5.74) is 1.71. The van der Waals surface area contributed by atoms with E-state index in [1.807, 2.05) is 25.1 Å². The van der Waals surface area contributed by atoms with Gasteiger partial charge in [-0.15, -0.1) is 11.6 Å². The number of esters is 1. The molecule has 1 aromatic carbocycles. The van der Waals surface area contributed by atoms with Crippen molar-refractivity contribution in [3.63, 3.8) is 0 Å². The molecule has 0 N–H and O–H groups in total. The number of ether oxygens (including phenoxy) is 2. The summed E-state index contributed by atoms with van der Waals surface area (Å²) >= 11 is 6.16. The van der Waals surface area contributed by atoms with Gasteiger partial charge in [-0.25, -0.2) is 0 Å². The van der Waals surface area contributed by atoms with Crippen molar-refractivity contribution in [1.82, 2.24) is 0 Å². The van der Waals surface area contributed by atoms with Crippen molar-refractivity contribution in [2.75, 3.05) is 25.2 Å². The maximum absolute atomic E-state index is 11.8. The van der Waals surface area contributed by atoms with Crippen molar-refractivity contribution >= 4 is 29.2 Å². The van der Waals surface area contributed by atoms with Gasteiger partial charge >= 0.3 is 5.97 Å². The van der Waals surface area contributed by atoms with E-state index in [-0.39, 0.29) is 30.3 Å². The highest BCUT2D eigenvalue weighted by atomic mass is 35.5. The van der Waals surface area contributed by atoms with Gasteiger partial charge in [0.2, 0.25) is 0 Å².